The average molecular weight is 277 g/mol. The van der Waals surface area contributed by atoms with Crippen molar-refractivity contribution >= 4 is 11.5 Å². The topological polar surface area (TPSA) is 59.6 Å². The largest absolute Gasteiger partial charge is 0.394 e. The number of oxime groups is 1. The standard InChI is InChI=1S/C16H27N3O/c1-3-5-6-7-8-13-20-19-16(17)14-9-11-15(12-10-14)18-4-2/h9-12,18H,3-8,13H2,1-2H3,(H2,17,19). The predicted octanol–water partition coefficient (Wildman–Crippen LogP) is 3.73. The Labute approximate surface area is 122 Å². The smallest absolute Gasteiger partial charge is 0.170 e. The first-order chi connectivity index (χ1) is 9.77. The molecule has 0 heterocycles. The normalized spacial score (nSPS) is 11.4. The molecule has 0 amide bonds. The summed E-state index contributed by atoms with van der Waals surface area (Å²) in [5, 5.41) is 7.20. The molecule has 0 fully saturated rings. The van der Waals surface area contributed by atoms with Crippen LogP contribution in [0.5, 0.6) is 0 Å². The Bertz CT molecular complexity index is 387. The Morgan fingerprint density at radius 1 is 1.10 bits per heavy atom. The van der Waals surface area contributed by atoms with E-state index in [1.165, 1.54) is 25.7 Å². The molecule has 1 rings (SSSR count). The number of hydrogen-bond donors (Lipinski definition) is 2. The minimum atomic E-state index is 0.432. The van der Waals surface area contributed by atoms with Gasteiger partial charge in [-0.1, -0.05) is 31.3 Å². The van der Waals surface area contributed by atoms with E-state index in [1.807, 2.05) is 24.3 Å². The summed E-state index contributed by atoms with van der Waals surface area (Å²) in [6, 6.07) is 7.88. The van der Waals surface area contributed by atoms with E-state index >= 15 is 0 Å². The molecule has 0 unspecified atom stereocenters. The first kappa shape index (κ1) is 16.3. The van der Waals surface area contributed by atoms with Crippen molar-refractivity contribution in [1.82, 2.24) is 0 Å². The van der Waals surface area contributed by atoms with E-state index in [0.29, 0.717) is 12.4 Å². The van der Waals surface area contributed by atoms with Crippen LogP contribution in [0.15, 0.2) is 29.4 Å². The Morgan fingerprint density at radius 2 is 1.80 bits per heavy atom. The minimum absolute atomic E-state index is 0.432. The highest BCUT2D eigenvalue weighted by molar-refractivity contribution is 5.97. The summed E-state index contributed by atoms with van der Waals surface area (Å²) in [6.07, 6.45) is 6.06. The maximum Gasteiger partial charge on any atom is 0.170 e. The number of unbranched alkanes of at least 4 members (excludes halogenated alkanes) is 4. The lowest BCUT2D eigenvalue weighted by molar-refractivity contribution is 0.139. The van der Waals surface area contributed by atoms with Crippen LogP contribution in [-0.2, 0) is 4.84 Å². The summed E-state index contributed by atoms with van der Waals surface area (Å²) in [5.41, 5.74) is 7.86. The molecule has 0 aliphatic rings. The third-order valence-electron chi connectivity index (χ3n) is 3.06. The van der Waals surface area contributed by atoms with E-state index in [0.717, 1.165) is 24.2 Å². The number of nitrogens with one attached hydrogen (secondary N) is 1. The van der Waals surface area contributed by atoms with Crippen LogP contribution in [-0.4, -0.2) is 19.0 Å². The Kier molecular flexibility index (Phi) is 8.27. The summed E-state index contributed by atoms with van der Waals surface area (Å²) in [7, 11) is 0. The molecule has 4 heteroatoms. The van der Waals surface area contributed by atoms with Gasteiger partial charge in [0.1, 0.15) is 6.61 Å². The highest BCUT2D eigenvalue weighted by Gasteiger charge is 1.99. The highest BCUT2D eigenvalue weighted by atomic mass is 16.6. The van der Waals surface area contributed by atoms with E-state index in [1.54, 1.807) is 0 Å². The number of rotatable bonds is 10. The van der Waals surface area contributed by atoms with E-state index < -0.39 is 0 Å². The molecule has 0 aromatic heterocycles. The maximum atomic E-state index is 5.89. The molecule has 0 saturated heterocycles. The van der Waals surface area contributed by atoms with Crippen LogP contribution >= 0.6 is 0 Å². The molecule has 0 atom stereocenters. The Hall–Kier alpha value is -1.71. The van der Waals surface area contributed by atoms with Crippen LogP contribution in [0.3, 0.4) is 0 Å². The molecule has 4 nitrogen and oxygen atoms in total. The second-order valence-corrected chi connectivity index (χ2v) is 4.83. The van der Waals surface area contributed by atoms with Gasteiger partial charge in [0, 0.05) is 17.8 Å². The molecule has 0 radical (unpaired) electrons. The summed E-state index contributed by atoms with van der Waals surface area (Å²) in [6.45, 7) is 5.82. The molecule has 1 aromatic rings. The Balaban J connectivity index is 2.29. The number of nitrogens with two attached hydrogens (primary N) is 1. The summed E-state index contributed by atoms with van der Waals surface area (Å²) < 4.78 is 0. The van der Waals surface area contributed by atoms with Crippen molar-refractivity contribution < 1.29 is 4.84 Å². The van der Waals surface area contributed by atoms with Crippen molar-refractivity contribution in [3.63, 3.8) is 0 Å². The fraction of sp³-hybridized carbons (Fsp3) is 0.562. The SMILES string of the molecule is CCCCCCCON=C(N)c1ccc(NCC)cc1. The average Bonchev–Trinajstić information content (AvgIpc) is 2.47. The van der Waals surface area contributed by atoms with Gasteiger partial charge in [0.2, 0.25) is 0 Å². The van der Waals surface area contributed by atoms with E-state index in [9.17, 15) is 0 Å². The lowest BCUT2D eigenvalue weighted by Gasteiger charge is -2.05. The Morgan fingerprint density at radius 3 is 2.45 bits per heavy atom. The lowest BCUT2D eigenvalue weighted by Crippen LogP contribution is -2.14. The van der Waals surface area contributed by atoms with Crippen molar-refractivity contribution in [2.75, 3.05) is 18.5 Å². The molecular formula is C16H27N3O. The van der Waals surface area contributed by atoms with Gasteiger partial charge >= 0.3 is 0 Å². The molecule has 1 aromatic carbocycles. The van der Waals surface area contributed by atoms with Crippen molar-refractivity contribution in [2.24, 2.45) is 10.9 Å². The van der Waals surface area contributed by atoms with Crippen molar-refractivity contribution in [3.8, 4) is 0 Å². The zero-order valence-electron chi connectivity index (χ0n) is 12.7. The third kappa shape index (κ3) is 6.45. The lowest BCUT2D eigenvalue weighted by atomic mass is 10.2. The van der Waals surface area contributed by atoms with Gasteiger partial charge in [-0.2, -0.15) is 0 Å². The number of nitrogens with zero attached hydrogens (tertiary/aromatic N) is 1. The molecule has 0 aliphatic heterocycles. The molecule has 0 bridgehead atoms. The quantitative estimate of drug-likeness (QED) is 0.296. The maximum absolute atomic E-state index is 5.89. The third-order valence-corrected chi connectivity index (χ3v) is 3.06. The zero-order valence-corrected chi connectivity index (χ0v) is 12.7. The first-order valence-electron chi connectivity index (χ1n) is 7.57. The van der Waals surface area contributed by atoms with Gasteiger partial charge in [-0.15, -0.1) is 0 Å². The number of hydrogen-bond acceptors (Lipinski definition) is 3. The second kappa shape index (κ2) is 10.1. The van der Waals surface area contributed by atoms with Crippen molar-refractivity contribution in [3.05, 3.63) is 29.8 Å². The van der Waals surface area contributed by atoms with Crippen LogP contribution in [0.1, 0.15) is 51.5 Å². The van der Waals surface area contributed by atoms with Crippen LogP contribution in [0.4, 0.5) is 5.69 Å². The fourth-order valence-electron chi connectivity index (χ4n) is 1.90. The molecule has 112 valence electrons. The van der Waals surface area contributed by atoms with Crippen LogP contribution < -0.4 is 11.1 Å². The molecule has 3 N–H and O–H groups in total. The van der Waals surface area contributed by atoms with E-state index in [-0.39, 0.29) is 0 Å². The van der Waals surface area contributed by atoms with Gasteiger partial charge in [-0.05, 0) is 44.0 Å². The monoisotopic (exact) mass is 277 g/mol. The van der Waals surface area contributed by atoms with Crippen molar-refractivity contribution in [1.29, 1.82) is 0 Å². The number of benzene rings is 1. The van der Waals surface area contributed by atoms with Gasteiger partial charge < -0.3 is 15.9 Å². The van der Waals surface area contributed by atoms with E-state index in [2.05, 4.69) is 24.3 Å². The van der Waals surface area contributed by atoms with Gasteiger partial charge in [0.05, 0.1) is 0 Å². The highest BCUT2D eigenvalue weighted by Crippen LogP contribution is 2.09. The minimum Gasteiger partial charge on any atom is -0.394 e. The summed E-state index contributed by atoms with van der Waals surface area (Å²) in [4.78, 5) is 5.26. The molecule has 0 spiro atoms. The number of anilines is 1. The molecule has 0 aliphatic carbocycles. The molecular weight excluding hydrogens is 250 g/mol. The van der Waals surface area contributed by atoms with Gasteiger partial charge in [0.25, 0.3) is 0 Å². The van der Waals surface area contributed by atoms with Gasteiger partial charge in [0.15, 0.2) is 5.84 Å². The fourth-order valence-corrected chi connectivity index (χ4v) is 1.90. The van der Waals surface area contributed by atoms with E-state index in [4.69, 9.17) is 10.6 Å². The first-order valence-corrected chi connectivity index (χ1v) is 7.57. The zero-order chi connectivity index (χ0) is 14.6. The molecule has 20 heavy (non-hydrogen) atoms. The van der Waals surface area contributed by atoms with Crippen LogP contribution in [0, 0.1) is 0 Å². The second-order valence-electron chi connectivity index (χ2n) is 4.83. The predicted molar refractivity (Wildman–Crippen MR) is 86.0 cm³/mol. The molecule has 0 saturated carbocycles. The summed E-state index contributed by atoms with van der Waals surface area (Å²) >= 11 is 0. The van der Waals surface area contributed by atoms with Crippen molar-refractivity contribution in [2.45, 2.75) is 46.0 Å². The van der Waals surface area contributed by atoms with Crippen LogP contribution in [0.25, 0.3) is 0 Å². The van der Waals surface area contributed by atoms with Crippen LogP contribution in [0.2, 0.25) is 0 Å². The number of amidine groups is 1. The summed E-state index contributed by atoms with van der Waals surface area (Å²) in [5.74, 6) is 0.432. The van der Waals surface area contributed by atoms with Gasteiger partial charge in [-0.25, -0.2) is 0 Å². The van der Waals surface area contributed by atoms with Gasteiger partial charge in [-0.3, -0.25) is 0 Å².